The minimum Gasteiger partial charge on any atom is -0.457 e. The Labute approximate surface area is 265 Å². The molecule has 0 unspecified atom stereocenters. The zero-order valence-corrected chi connectivity index (χ0v) is 26.8. The quantitative estimate of drug-likeness (QED) is 0.184. The zero-order chi connectivity index (χ0) is 30.6. The van der Waals surface area contributed by atoms with Crippen LogP contribution in [0.1, 0.15) is 43.4 Å². The van der Waals surface area contributed by atoms with Crippen molar-refractivity contribution in [1.82, 2.24) is 0 Å². The summed E-state index contributed by atoms with van der Waals surface area (Å²) in [5, 5.41) is 5.94. The van der Waals surface area contributed by atoms with Crippen LogP contribution in [0.25, 0.3) is 43.5 Å². The molecule has 2 aromatic heterocycles. The molecule has 5 aromatic carbocycles. The maximum absolute atomic E-state index is 6.92. The van der Waals surface area contributed by atoms with E-state index in [9.17, 15) is 0 Å². The Morgan fingerprint density at radius 3 is 1.22 bits per heavy atom. The van der Waals surface area contributed by atoms with E-state index in [2.05, 4.69) is 172 Å². The van der Waals surface area contributed by atoms with Gasteiger partial charge in [0, 0.05) is 21.2 Å². The number of para-hydroxylation sites is 2. The molecule has 0 bridgehead atoms. The lowest BCUT2D eigenvalue weighted by Gasteiger charge is -2.44. The molecule has 1 aliphatic heterocycles. The summed E-state index contributed by atoms with van der Waals surface area (Å²) < 4.78 is 13.8. The fraction of sp³-hybridized carbons (Fsp3) is 0.0952. The number of allylic oxidation sites excluding steroid dienone is 2. The summed E-state index contributed by atoms with van der Waals surface area (Å²) in [6, 6.07) is 54.1. The molecule has 1 aliphatic rings. The molecule has 0 N–H and O–H groups in total. The fourth-order valence-corrected chi connectivity index (χ4v) is 13.7. The van der Waals surface area contributed by atoms with Crippen LogP contribution < -0.4 is 5.19 Å². The van der Waals surface area contributed by atoms with Gasteiger partial charge in [0.25, 0.3) is 0 Å². The van der Waals surface area contributed by atoms with Crippen molar-refractivity contribution in [2.75, 3.05) is 0 Å². The van der Waals surface area contributed by atoms with Gasteiger partial charge in [-0.25, -0.2) is 0 Å². The van der Waals surface area contributed by atoms with Gasteiger partial charge >= 0.3 is 0 Å². The van der Waals surface area contributed by atoms with Gasteiger partial charge in [0.2, 0.25) is 0 Å². The first-order valence-electron chi connectivity index (χ1n) is 15.6. The Kier molecular flexibility index (Phi) is 6.40. The molecule has 0 spiro atoms. The van der Waals surface area contributed by atoms with Crippen LogP contribution >= 0.6 is 0 Å². The van der Waals surface area contributed by atoms with E-state index in [1.807, 2.05) is 0 Å². The van der Waals surface area contributed by atoms with Crippen LogP contribution in [0.5, 0.6) is 0 Å². The largest absolute Gasteiger partial charge is 0.457 e. The highest BCUT2D eigenvalue weighted by atomic mass is 28.3. The van der Waals surface area contributed by atoms with Gasteiger partial charge in [-0.05, 0) is 56.8 Å². The highest BCUT2D eigenvalue weighted by molar-refractivity contribution is 7.23. The summed E-state index contributed by atoms with van der Waals surface area (Å²) in [7, 11) is -3.00. The normalized spacial score (nSPS) is 15.0. The molecule has 0 amide bonds. The Bertz CT molecular complexity index is 2030. The van der Waals surface area contributed by atoms with Crippen molar-refractivity contribution in [1.29, 1.82) is 0 Å². The molecule has 0 aliphatic carbocycles. The van der Waals surface area contributed by atoms with E-state index in [0.29, 0.717) is 0 Å². The average molecular weight is 599 g/mol. The molecule has 0 fully saturated rings. The molecule has 3 heteroatoms. The number of furan rings is 2. The van der Waals surface area contributed by atoms with Gasteiger partial charge in [-0.3, -0.25) is 0 Å². The molecule has 7 aromatic rings. The third kappa shape index (κ3) is 4.22. The van der Waals surface area contributed by atoms with Crippen LogP contribution in [0.3, 0.4) is 0 Å². The first kappa shape index (κ1) is 27.4. The van der Waals surface area contributed by atoms with Crippen LogP contribution in [0, 0.1) is 0 Å². The topological polar surface area (TPSA) is 26.3 Å². The highest BCUT2D eigenvalue weighted by Crippen LogP contribution is 2.63. The summed E-state index contributed by atoms with van der Waals surface area (Å²) in [4.78, 5) is 0. The van der Waals surface area contributed by atoms with Gasteiger partial charge in [0.15, 0.2) is 8.07 Å². The Balaban J connectivity index is 1.63. The number of hydrogen-bond donors (Lipinski definition) is 0. The minimum absolute atomic E-state index is 0.187. The first-order chi connectivity index (χ1) is 22.0. The van der Waals surface area contributed by atoms with Gasteiger partial charge in [-0.15, -0.1) is 0 Å². The van der Waals surface area contributed by atoms with Crippen molar-refractivity contribution in [3.05, 3.63) is 174 Å². The molecule has 0 saturated carbocycles. The Morgan fingerprint density at radius 1 is 0.444 bits per heavy atom. The van der Waals surface area contributed by atoms with Crippen molar-refractivity contribution < 1.29 is 8.83 Å². The van der Waals surface area contributed by atoms with Crippen molar-refractivity contribution in [2.45, 2.75) is 25.8 Å². The predicted octanol–water partition coefficient (Wildman–Crippen LogP) is 10.9. The average Bonchev–Trinajstić information content (AvgIpc) is 3.78. The molecular weight excluding hydrogens is 565 g/mol. The van der Waals surface area contributed by atoms with Gasteiger partial charge < -0.3 is 8.83 Å². The van der Waals surface area contributed by atoms with Crippen LogP contribution in [0.2, 0.25) is 5.04 Å². The standard InChI is InChI=1S/C42H34O2Si/c1-42(2,3)45(33-23-11-6-12-24-33)40(36-27-31-21-13-15-25-34(31)43-36)38(29-17-7-4-8-18-29)39(30-19-9-5-10-20-30)41(45)37-28-32-22-14-16-26-35(32)44-37/h4-28H,1-3H3. The summed E-state index contributed by atoms with van der Waals surface area (Å²) in [6.07, 6.45) is 0. The van der Waals surface area contributed by atoms with E-state index in [4.69, 9.17) is 8.83 Å². The molecule has 2 nitrogen and oxygen atoms in total. The number of benzene rings is 5. The van der Waals surface area contributed by atoms with Crippen LogP contribution in [0.15, 0.2) is 160 Å². The molecule has 0 atom stereocenters. The lowest BCUT2D eigenvalue weighted by Crippen LogP contribution is -2.56. The van der Waals surface area contributed by atoms with E-state index in [1.165, 1.54) is 37.9 Å². The molecule has 0 radical (unpaired) electrons. The number of rotatable bonds is 5. The van der Waals surface area contributed by atoms with Crippen molar-refractivity contribution in [2.24, 2.45) is 0 Å². The second kappa shape index (κ2) is 10.5. The Hall–Kier alpha value is -5.12. The van der Waals surface area contributed by atoms with Gasteiger partial charge in [0.1, 0.15) is 22.7 Å². The summed E-state index contributed by atoms with van der Waals surface area (Å²) in [6.45, 7) is 7.23. The lowest BCUT2D eigenvalue weighted by molar-refractivity contribution is 0.598. The SMILES string of the molecule is CC(C)(C)[Si]1(c2ccccc2)C(c2cc3ccccc3o2)=C(c2ccccc2)C(c2ccccc2)=C1c1cc2ccccc2o1. The third-order valence-corrected chi connectivity index (χ3v) is 15.2. The third-order valence-electron chi connectivity index (χ3n) is 9.30. The summed E-state index contributed by atoms with van der Waals surface area (Å²) >= 11 is 0. The van der Waals surface area contributed by atoms with Crippen molar-refractivity contribution in [3.8, 4) is 0 Å². The molecule has 218 valence electrons. The van der Waals surface area contributed by atoms with E-state index in [1.54, 1.807) is 0 Å². The van der Waals surface area contributed by atoms with Crippen LogP contribution in [0.4, 0.5) is 0 Å². The highest BCUT2D eigenvalue weighted by Gasteiger charge is 2.60. The molecule has 0 saturated heterocycles. The van der Waals surface area contributed by atoms with E-state index in [-0.39, 0.29) is 5.04 Å². The molecule has 3 heterocycles. The minimum atomic E-state index is -3.00. The monoisotopic (exact) mass is 598 g/mol. The molecule has 8 rings (SSSR count). The summed E-state index contributed by atoms with van der Waals surface area (Å²) in [5.41, 5.74) is 6.60. The van der Waals surface area contributed by atoms with E-state index in [0.717, 1.165) is 33.5 Å². The molecular formula is C42H34O2Si. The second-order valence-corrected chi connectivity index (χ2v) is 17.5. The van der Waals surface area contributed by atoms with Gasteiger partial charge in [0.05, 0.1) is 0 Å². The zero-order valence-electron chi connectivity index (χ0n) is 25.8. The second-order valence-electron chi connectivity index (χ2n) is 12.9. The maximum atomic E-state index is 6.92. The first-order valence-corrected chi connectivity index (χ1v) is 17.6. The smallest absolute Gasteiger partial charge is 0.164 e. The Morgan fingerprint density at radius 2 is 0.822 bits per heavy atom. The number of fused-ring (bicyclic) bond motifs is 2. The van der Waals surface area contributed by atoms with E-state index < -0.39 is 8.07 Å². The van der Waals surface area contributed by atoms with Crippen molar-refractivity contribution in [3.63, 3.8) is 0 Å². The maximum Gasteiger partial charge on any atom is 0.164 e. The predicted molar refractivity (Wildman–Crippen MR) is 190 cm³/mol. The number of hydrogen-bond acceptors (Lipinski definition) is 2. The van der Waals surface area contributed by atoms with Crippen LogP contribution in [-0.2, 0) is 0 Å². The summed E-state index contributed by atoms with van der Waals surface area (Å²) in [5.74, 6) is 1.86. The van der Waals surface area contributed by atoms with Gasteiger partial charge in [-0.2, -0.15) is 0 Å². The van der Waals surface area contributed by atoms with Gasteiger partial charge in [-0.1, -0.05) is 148 Å². The van der Waals surface area contributed by atoms with E-state index >= 15 is 0 Å². The fourth-order valence-electron chi connectivity index (χ4n) is 7.52. The molecule has 45 heavy (non-hydrogen) atoms. The van der Waals surface area contributed by atoms with Crippen LogP contribution in [-0.4, -0.2) is 8.07 Å². The van der Waals surface area contributed by atoms with Crippen molar-refractivity contribution >= 4 is 56.7 Å². The lowest BCUT2D eigenvalue weighted by atomic mass is 9.91.